The van der Waals surface area contributed by atoms with Gasteiger partial charge in [0.1, 0.15) is 0 Å². The Labute approximate surface area is 84.6 Å². The van der Waals surface area contributed by atoms with Crippen LogP contribution in [0.5, 0.6) is 0 Å². The van der Waals surface area contributed by atoms with Crippen molar-refractivity contribution in [2.45, 2.75) is 34.1 Å². The topological polar surface area (TPSA) is 52.6 Å². The van der Waals surface area contributed by atoms with E-state index in [0.29, 0.717) is 6.42 Å². The molecule has 4 heteroatoms. The highest BCUT2D eigenvalue weighted by Gasteiger charge is 2.42. The molecule has 0 spiro atoms. The van der Waals surface area contributed by atoms with Gasteiger partial charge in [-0.15, -0.1) is 0 Å². The van der Waals surface area contributed by atoms with Crippen molar-refractivity contribution in [2.75, 3.05) is 13.2 Å². The molecular weight excluding hydrogens is 184 g/mol. The first-order valence-electron chi connectivity index (χ1n) is 4.87. The first-order chi connectivity index (χ1) is 6.52. The van der Waals surface area contributed by atoms with Crippen molar-refractivity contribution in [1.82, 2.24) is 0 Å². The fraction of sp³-hybridized carbons (Fsp3) is 0.800. The van der Waals surface area contributed by atoms with Crippen LogP contribution in [-0.4, -0.2) is 25.2 Å². The molecule has 0 saturated carbocycles. The lowest BCUT2D eigenvalue weighted by Crippen LogP contribution is -2.38. The summed E-state index contributed by atoms with van der Waals surface area (Å²) in [6.07, 6.45) is 0.380. The molecule has 0 unspecified atom stereocenters. The van der Waals surface area contributed by atoms with Gasteiger partial charge >= 0.3 is 11.9 Å². The van der Waals surface area contributed by atoms with Gasteiger partial charge in [-0.3, -0.25) is 9.59 Å². The second-order valence-electron chi connectivity index (χ2n) is 3.13. The van der Waals surface area contributed by atoms with Crippen LogP contribution in [0.1, 0.15) is 34.1 Å². The molecule has 0 radical (unpaired) electrons. The zero-order chi connectivity index (χ0) is 11.2. The summed E-state index contributed by atoms with van der Waals surface area (Å²) in [4.78, 5) is 23.0. The van der Waals surface area contributed by atoms with Crippen LogP contribution in [0.25, 0.3) is 0 Å². The van der Waals surface area contributed by atoms with Crippen molar-refractivity contribution in [3.63, 3.8) is 0 Å². The third kappa shape index (κ3) is 2.72. The molecule has 0 atom stereocenters. The normalized spacial score (nSPS) is 10.9. The summed E-state index contributed by atoms with van der Waals surface area (Å²) in [5.74, 6) is -1.03. The number of hydrogen-bond donors (Lipinski definition) is 0. The molecule has 0 aliphatic heterocycles. The molecular formula is C10H18O4. The van der Waals surface area contributed by atoms with E-state index in [1.165, 1.54) is 0 Å². The van der Waals surface area contributed by atoms with Gasteiger partial charge in [0.25, 0.3) is 0 Å². The molecule has 0 amide bonds. The van der Waals surface area contributed by atoms with Crippen LogP contribution in [0.2, 0.25) is 0 Å². The fourth-order valence-electron chi connectivity index (χ4n) is 0.953. The highest BCUT2D eigenvalue weighted by Crippen LogP contribution is 2.24. The predicted molar refractivity (Wildman–Crippen MR) is 51.7 cm³/mol. The number of hydrogen-bond acceptors (Lipinski definition) is 4. The van der Waals surface area contributed by atoms with E-state index in [1.54, 1.807) is 27.7 Å². The molecule has 0 fully saturated rings. The Morgan fingerprint density at radius 3 is 1.57 bits per heavy atom. The van der Waals surface area contributed by atoms with Gasteiger partial charge in [0.2, 0.25) is 0 Å². The highest BCUT2D eigenvalue weighted by atomic mass is 16.6. The lowest BCUT2D eigenvalue weighted by Gasteiger charge is -2.22. The average molecular weight is 202 g/mol. The monoisotopic (exact) mass is 202 g/mol. The van der Waals surface area contributed by atoms with Crippen LogP contribution in [0.4, 0.5) is 0 Å². The quantitative estimate of drug-likeness (QED) is 0.501. The predicted octanol–water partition coefficient (Wildman–Crippen LogP) is 1.53. The fourth-order valence-corrected chi connectivity index (χ4v) is 0.953. The van der Waals surface area contributed by atoms with E-state index in [1.807, 2.05) is 0 Å². The third-order valence-electron chi connectivity index (χ3n) is 2.16. The summed E-state index contributed by atoms with van der Waals surface area (Å²) in [6, 6.07) is 0. The molecule has 0 heterocycles. The largest absolute Gasteiger partial charge is 0.465 e. The molecule has 4 nitrogen and oxygen atoms in total. The van der Waals surface area contributed by atoms with Crippen molar-refractivity contribution in [3.8, 4) is 0 Å². The molecule has 14 heavy (non-hydrogen) atoms. The van der Waals surface area contributed by atoms with E-state index in [0.717, 1.165) is 0 Å². The van der Waals surface area contributed by atoms with E-state index < -0.39 is 17.4 Å². The molecule has 82 valence electrons. The second-order valence-corrected chi connectivity index (χ2v) is 3.13. The summed E-state index contributed by atoms with van der Waals surface area (Å²) in [5.41, 5.74) is -1.16. The minimum atomic E-state index is -1.16. The molecule has 0 saturated heterocycles. The first kappa shape index (κ1) is 12.9. The zero-order valence-corrected chi connectivity index (χ0v) is 9.25. The number of carbonyl (C=O) groups is 2. The van der Waals surface area contributed by atoms with Gasteiger partial charge in [-0.1, -0.05) is 6.92 Å². The van der Waals surface area contributed by atoms with E-state index in [9.17, 15) is 9.59 Å². The maximum Gasteiger partial charge on any atom is 0.323 e. The van der Waals surface area contributed by atoms with Gasteiger partial charge in [-0.25, -0.2) is 0 Å². The van der Waals surface area contributed by atoms with Crippen molar-refractivity contribution >= 4 is 11.9 Å². The van der Waals surface area contributed by atoms with Crippen LogP contribution < -0.4 is 0 Å². The third-order valence-corrected chi connectivity index (χ3v) is 2.16. The van der Waals surface area contributed by atoms with E-state index in [-0.39, 0.29) is 13.2 Å². The Morgan fingerprint density at radius 1 is 1.00 bits per heavy atom. The zero-order valence-electron chi connectivity index (χ0n) is 9.25. The molecule has 0 aliphatic rings. The van der Waals surface area contributed by atoms with Crippen LogP contribution in [0, 0.1) is 5.41 Å². The minimum Gasteiger partial charge on any atom is -0.465 e. The summed E-state index contributed by atoms with van der Waals surface area (Å²) in [6.45, 7) is 7.26. The molecule has 0 rings (SSSR count). The molecule has 0 aromatic heterocycles. The lowest BCUT2D eigenvalue weighted by atomic mass is 9.88. The van der Waals surface area contributed by atoms with Crippen LogP contribution in [0.15, 0.2) is 0 Å². The Bertz CT molecular complexity index is 192. The van der Waals surface area contributed by atoms with E-state index >= 15 is 0 Å². The van der Waals surface area contributed by atoms with Gasteiger partial charge < -0.3 is 9.47 Å². The van der Waals surface area contributed by atoms with Crippen molar-refractivity contribution in [3.05, 3.63) is 0 Å². The van der Waals surface area contributed by atoms with Crippen LogP contribution in [-0.2, 0) is 19.1 Å². The number of carbonyl (C=O) groups excluding carboxylic acids is 2. The molecule has 0 aromatic rings. The molecule has 0 aliphatic carbocycles. The number of rotatable bonds is 5. The van der Waals surface area contributed by atoms with Gasteiger partial charge in [-0.05, 0) is 27.2 Å². The standard InChI is InChI=1S/C10H18O4/c1-5-10(4,8(11)13-6-2)9(12)14-7-3/h5-7H2,1-4H3. The van der Waals surface area contributed by atoms with Crippen LogP contribution in [0.3, 0.4) is 0 Å². The molecule has 0 aromatic carbocycles. The van der Waals surface area contributed by atoms with Crippen LogP contribution >= 0.6 is 0 Å². The lowest BCUT2D eigenvalue weighted by molar-refractivity contribution is -0.170. The number of ether oxygens (including phenoxy) is 2. The highest BCUT2D eigenvalue weighted by molar-refractivity contribution is 5.99. The summed E-state index contributed by atoms with van der Waals surface area (Å²) >= 11 is 0. The van der Waals surface area contributed by atoms with Gasteiger partial charge in [0.15, 0.2) is 5.41 Å². The minimum absolute atomic E-state index is 0.272. The SMILES string of the molecule is CCOC(=O)C(C)(CC)C(=O)OCC. The average Bonchev–Trinajstić information content (AvgIpc) is 2.17. The Balaban J connectivity index is 4.60. The number of esters is 2. The first-order valence-corrected chi connectivity index (χ1v) is 4.87. The summed E-state index contributed by atoms with van der Waals surface area (Å²) in [7, 11) is 0. The summed E-state index contributed by atoms with van der Waals surface area (Å²) in [5, 5.41) is 0. The van der Waals surface area contributed by atoms with E-state index in [2.05, 4.69) is 0 Å². The second kappa shape index (κ2) is 5.62. The Morgan fingerprint density at radius 2 is 1.36 bits per heavy atom. The Kier molecular flexibility index (Phi) is 5.20. The van der Waals surface area contributed by atoms with Gasteiger partial charge in [0, 0.05) is 0 Å². The summed E-state index contributed by atoms with van der Waals surface area (Å²) < 4.78 is 9.65. The van der Waals surface area contributed by atoms with Gasteiger partial charge in [0.05, 0.1) is 13.2 Å². The van der Waals surface area contributed by atoms with Crippen molar-refractivity contribution in [2.24, 2.45) is 5.41 Å². The maximum absolute atomic E-state index is 11.5. The maximum atomic E-state index is 11.5. The van der Waals surface area contributed by atoms with Crippen molar-refractivity contribution in [1.29, 1.82) is 0 Å². The smallest absolute Gasteiger partial charge is 0.323 e. The van der Waals surface area contributed by atoms with E-state index in [4.69, 9.17) is 9.47 Å². The van der Waals surface area contributed by atoms with Crippen molar-refractivity contribution < 1.29 is 19.1 Å². The Hall–Kier alpha value is -1.06. The van der Waals surface area contributed by atoms with Gasteiger partial charge in [-0.2, -0.15) is 0 Å². The molecule has 0 N–H and O–H groups in total. The molecule has 0 bridgehead atoms.